The monoisotopic (exact) mass is 271 g/mol. The second-order valence-electron chi connectivity index (χ2n) is 4.15. The number of anilines is 1. The van der Waals surface area contributed by atoms with Crippen LogP contribution in [0.4, 0.5) is 20.2 Å². The predicted octanol–water partition coefficient (Wildman–Crippen LogP) is 1.56. The summed E-state index contributed by atoms with van der Waals surface area (Å²) >= 11 is 0. The van der Waals surface area contributed by atoms with E-state index >= 15 is 0 Å². The number of carbonyl (C=O) groups is 1. The first-order chi connectivity index (χ1) is 9.00. The summed E-state index contributed by atoms with van der Waals surface area (Å²) in [6.07, 6.45) is 1.34. The molecule has 0 aromatic heterocycles. The molecule has 2 rings (SSSR count). The second kappa shape index (κ2) is 5.27. The molecule has 1 aromatic carbocycles. The molecule has 1 aliphatic rings. The van der Waals surface area contributed by atoms with Gasteiger partial charge in [-0.25, -0.2) is 8.78 Å². The highest BCUT2D eigenvalue weighted by atomic mass is 19.2. The zero-order valence-electron chi connectivity index (χ0n) is 9.78. The summed E-state index contributed by atoms with van der Waals surface area (Å²) in [7, 11) is 0. The van der Waals surface area contributed by atoms with Crippen LogP contribution >= 0.6 is 0 Å². The molecule has 0 unspecified atom stereocenters. The molecule has 19 heavy (non-hydrogen) atoms. The molecule has 0 bridgehead atoms. The van der Waals surface area contributed by atoms with E-state index in [1.807, 2.05) is 0 Å². The summed E-state index contributed by atoms with van der Waals surface area (Å²) < 4.78 is 26.6. The average Bonchev–Trinajstić information content (AvgIpc) is 2.88. The molecule has 1 atom stereocenters. The van der Waals surface area contributed by atoms with Crippen molar-refractivity contribution in [1.29, 1.82) is 0 Å². The molecule has 0 saturated carbocycles. The van der Waals surface area contributed by atoms with Gasteiger partial charge in [-0.1, -0.05) is 0 Å². The number of hydrogen-bond acceptors (Lipinski definition) is 4. The van der Waals surface area contributed by atoms with E-state index in [0.29, 0.717) is 19.0 Å². The normalized spacial score (nSPS) is 18.3. The first-order valence-corrected chi connectivity index (χ1v) is 5.67. The fourth-order valence-electron chi connectivity index (χ4n) is 1.93. The topological polar surface area (TPSA) is 84.3 Å². The van der Waals surface area contributed by atoms with E-state index in [9.17, 15) is 23.7 Å². The number of nitrogens with one attached hydrogen (secondary N) is 2. The van der Waals surface area contributed by atoms with Gasteiger partial charge in [0.1, 0.15) is 0 Å². The maximum Gasteiger partial charge on any atom is 0.296 e. The lowest BCUT2D eigenvalue weighted by molar-refractivity contribution is -0.384. The SMILES string of the molecule is O=C(Nc1c([N+](=O)[O-])ccc(F)c1F)[C@H]1CCCN1. The Labute approximate surface area is 106 Å². The van der Waals surface area contributed by atoms with Crippen molar-refractivity contribution in [3.63, 3.8) is 0 Å². The number of amides is 1. The van der Waals surface area contributed by atoms with Crippen LogP contribution in [0, 0.1) is 21.7 Å². The van der Waals surface area contributed by atoms with Crippen LogP contribution < -0.4 is 10.6 Å². The molecule has 102 valence electrons. The van der Waals surface area contributed by atoms with Crippen molar-refractivity contribution < 1.29 is 18.5 Å². The van der Waals surface area contributed by atoms with Crippen LogP contribution in [0.25, 0.3) is 0 Å². The average molecular weight is 271 g/mol. The van der Waals surface area contributed by atoms with E-state index < -0.39 is 39.9 Å². The molecule has 1 amide bonds. The van der Waals surface area contributed by atoms with E-state index in [0.717, 1.165) is 12.5 Å². The van der Waals surface area contributed by atoms with Crippen LogP contribution in [-0.4, -0.2) is 23.4 Å². The molecule has 0 spiro atoms. The number of halogens is 2. The summed E-state index contributed by atoms with van der Waals surface area (Å²) in [6, 6.07) is 0.926. The van der Waals surface area contributed by atoms with Crippen LogP contribution in [0.3, 0.4) is 0 Å². The first-order valence-electron chi connectivity index (χ1n) is 5.67. The molecule has 1 aliphatic heterocycles. The Hall–Kier alpha value is -2.09. The van der Waals surface area contributed by atoms with Crippen molar-refractivity contribution >= 4 is 17.3 Å². The highest BCUT2D eigenvalue weighted by Gasteiger charge is 2.27. The van der Waals surface area contributed by atoms with Crippen LogP contribution in [0.1, 0.15) is 12.8 Å². The van der Waals surface area contributed by atoms with Gasteiger partial charge in [-0.05, 0) is 25.5 Å². The number of nitrogens with zero attached hydrogens (tertiary/aromatic N) is 1. The largest absolute Gasteiger partial charge is 0.316 e. The Morgan fingerprint density at radius 3 is 2.79 bits per heavy atom. The highest BCUT2D eigenvalue weighted by Crippen LogP contribution is 2.29. The van der Waals surface area contributed by atoms with E-state index in [-0.39, 0.29) is 0 Å². The van der Waals surface area contributed by atoms with Crippen molar-refractivity contribution in [2.45, 2.75) is 18.9 Å². The van der Waals surface area contributed by atoms with Crippen LogP contribution in [0.2, 0.25) is 0 Å². The Kier molecular flexibility index (Phi) is 3.70. The van der Waals surface area contributed by atoms with Gasteiger partial charge in [-0.3, -0.25) is 14.9 Å². The van der Waals surface area contributed by atoms with Gasteiger partial charge in [0.2, 0.25) is 5.91 Å². The Bertz CT molecular complexity index is 530. The summed E-state index contributed by atoms with van der Waals surface area (Å²) in [6.45, 7) is 0.645. The van der Waals surface area contributed by atoms with Gasteiger partial charge in [0.15, 0.2) is 17.3 Å². The van der Waals surface area contributed by atoms with Crippen molar-refractivity contribution in [3.05, 3.63) is 33.9 Å². The molecule has 8 heteroatoms. The zero-order chi connectivity index (χ0) is 14.0. The lowest BCUT2D eigenvalue weighted by atomic mass is 10.2. The van der Waals surface area contributed by atoms with Gasteiger partial charge >= 0.3 is 0 Å². The number of hydrogen-bond donors (Lipinski definition) is 2. The molecule has 1 heterocycles. The molecular formula is C11H11F2N3O3. The predicted molar refractivity (Wildman–Crippen MR) is 62.7 cm³/mol. The number of rotatable bonds is 3. The Morgan fingerprint density at radius 1 is 1.47 bits per heavy atom. The molecule has 2 N–H and O–H groups in total. The number of nitro benzene ring substituents is 1. The standard InChI is InChI=1S/C11H11F2N3O3/c12-6-3-4-8(16(18)19)10(9(6)13)15-11(17)7-2-1-5-14-7/h3-4,7,14H,1-2,5H2,(H,15,17)/t7-/m1/s1. The number of carbonyl (C=O) groups excluding carboxylic acids is 1. The molecule has 6 nitrogen and oxygen atoms in total. The molecular weight excluding hydrogens is 260 g/mol. The molecule has 0 aliphatic carbocycles. The van der Waals surface area contributed by atoms with Gasteiger partial charge in [0.05, 0.1) is 11.0 Å². The zero-order valence-corrected chi connectivity index (χ0v) is 9.78. The number of nitro groups is 1. The van der Waals surface area contributed by atoms with Gasteiger partial charge in [-0.2, -0.15) is 0 Å². The Balaban J connectivity index is 2.29. The summed E-state index contributed by atoms with van der Waals surface area (Å²) in [4.78, 5) is 21.6. The van der Waals surface area contributed by atoms with Gasteiger partial charge in [-0.15, -0.1) is 0 Å². The van der Waals surface area contributed by atoms with Crippen molar-refractivity contribution in [3.8, 4) is 0 Å². The third-order valence-electron chi connectivity index (χ3n) is 2.89. The molecule has 1 fully saturated rings. The van der Waals surface area contributed by atoms with Crippen LogP contribution in [0.15, 0.2) is 12.1 Å². The van der Waals surface area contributed by atoms with E-state index in [4.69, 9.17) is 0 Å². The lowest BCUT2D eigenvalue weighted by Crippen LogP contribution is -2.36. The van der Waals surface area contributed by atoms with Gasteiger partial charge < -0.3 is 10.6 Å². The fraction of sp³-hybridized carbons (Fsp3) is 0.364. The van der Waals surface area contributed by atoms with E-state index in [1.165, 1.54) is 0 Å². The minimum atomic E-state index is -1.43. The third kappa shape index (κ3) is 2.68. The second-order valence-corrected chi connectivity index (χ2v) is 4.15. The smallest absolute Gasteiger partial charge is 0.296 e. The Morgan fingerprint density at radius 2 is 2.21 bits per heavy atom. The molecule has 1 saturated heterocycles. The molecule has 0 radical (unpaired) electrons. The van der Waals surface area contributed by atoms with Crippen LogP contribution in [0.5, 0.6) is 0 Å². The van der Waals surface area contributed by atoms with E-state index in [2.05, 4.69) is 10.6 Å². The highest BCUT2D eigenvalue weighted by molar-refractivity contribution is 5.97. The van der Waals surface area contributed by atoms with Gasteiger partial charge in [0.25, 0.3) is 5.69 Å². The van der Waals surface area contributed by atoms with E-state index in [1.54, 1.807) is 0 Å². The fourth-order valence-corrected chi connectivity index (χ4v) is 1.93. The van der Waals surface area contributed by atoms with Crippen molar-refractivity contribution in [2.24, 2.45) is 0 Å². The van der Waals surface area contributed by atoms with Crippen molar-refractivity contribution in [2.75, 3.05) is 11.9 Å². The van der Waals surface area contributed by atoms with Gasteiger partial charge in [0, 0.05) is 6.07 Å². The lowest BCUT2D eigenvalue weighted by Gasteiger charge is -2.12. The van der Waals surface area contributed by atoms with Crippen LogP contribution in [-0.2, 0) is 4.79 Å². The third-order valence-corrected chi connectivity index (χ3v) is 2.89. The maximum atomic E-state index is 13.6. The quantitative estimate of drug-likeness (QED) is 0.645. The first kappa shape index (κ1) is 13.3. The maximum absolute atomic E-state index is 13.6. The summed E-state index contributed by atoms with van der Waals surface area (Å²) in [5.41, 5.74) is -1.41. The minimum Gasteiger partial charge on any atom is -0.316 e. The summed E-state index contributed by atoms with van der Waals surface area (Å²) in [5, 5.41) is 15.7. The molecule has 1 aromatic rings. The minimum absolute atomic E-state index is 0.540. The van der Waals surface area contributed by atoms with Crippen molar-refractivity contribution in [1.82, 2.24) is 5.32 Å². The number of benzene rings is 1. The summed E-state index contributed by atoms with van der Waals surface area (Å²) in [5.74, 6) is -3.29.